The molecule has 3 rings (SSSR count). The second-order valence-electron chi connectivity index (χ2n) is 4.92. The fraction of sp³-hybridized carbons (Fsp3) is 0.200. The van der Waals surface area contributed by atoms with Crippen LogP contribution in [0.1, 0.15) is 12.5 Å². The van der Waals surface area contributed by atoms with Gasteiger partial charge in [0.15, 0.2) is 11.0 Å². The van der Waals surface area contributed by atoms with Crippen LogP contribution in [-0.2, 0) is 22.2 Å². The van der Waals surface area contributed by atoms with Gasteiger partial charge in [-0.25, -0.2) is 9.19 Å². The number of pyridine rings is 1. The van der Waals surface area contributed by atoms with Crippen molar-refractivity contribution in [1.82, 2.24) is 4.98 Å². The molecule has 2 heterocycles. The number of carbonyl (C=O) groups is 1. The average molecular weight is 336 g/mol. The number of benzene rings is 1. The van der Waals surface area contributed by atoms with Crippen LogP contribution >= 0.6 is 11.6 Å². The average Bonchev–Trinajstić information content (AvgIpc) is 2.90. The molecule has 1 aliphatic heterocycles. The third-order valence-corrected chi connectivity index (χ3v) is 5.03. The lowest BCUT2D eigenvalue weighted by molar-refractivity contribution is -0.116. The van der Waals surface area contributed by atoms with Crippen LogP contribution in [0.25, 0.3) is 0 Å². The fourth-order valence-electron chi connectivity index (χ4n) is 2.43. The Hall–Kier alpha value is -1.92. The number of aromatic nitrogens is 1. The monoisotopic (exact) mass is 335 g/mol. The quantitative estimate of drug-likeness (QED) is 0.938. The van der Waals surface area contributed by atoms with E-state index >= 15 is 0 Å². The number of nitrogens with one attached hydrogen (secondary N) is 1. The molecule has 1 aromatic heterocycles. The van der Waals surface area contributed by atoms with E-state index in [1.54, 1.807) is 41.4 Å². The Morgan fingerprint density at radius 2 is 2.23 bits per heavy atom. The van der Waals surface area contributed by atoms with Crippen LogP contribution in [0.15, 0.2) is 41.4 Å². The van der Waals surface area contributed by atoms with Crippen LogP contribution < -0.4 is 9.62 Å². The molecular weight excluding hydrogens is 322 g/mol. The van der Waals surface area contributed by atoms with Crippen LogP contribution in [0.4, 0.5) is 11.5 Å². The molecule has 1 atom stereocenters. The van der Waals surface area contributed by atoms with Gasteiger partial charge in [0.05, 0.1) is 9.92 Å². The van der Waals surface area contributed by atoms with E-state index in [1.165, 1.54) is 6.92 Å². The molecule has 0 radical (unpaired) electrons. The van der Waals surface area contributed by atoms with Gasteiger partial charge in [0.2, 0.25) is 5.91 Å². The maximum absolute atomic E-state index is 12.5. The van der Waals surface area contributed by atoms with E-state index in [9.17, 15) is 9.00 Å². The highest BCUT2D eigenvalue weighted by atomic mass is 35.5. The summed E-state index contributed by atoms with van der Waals surface area (Å²) in [6.07, 6.45) is 2.37. The normalized spacial score (nSPS) is 14.5. The molecule has 0 saturated carbocycles. The van der Waals surface area contributed by atoms with Crippen molar-refractivity contribution in [3.05, 3.63) is 47.1 Å². The molecule has 22 heavy (non-hydrogen) atoms. The summed E-state index contributed by atoms with van der Waals surface area (Å²) < 4.78 is 15.3. The summed E-state index contributed by atoms with van der Waals surface area (Å²) in [7, 11) is -1.55. The summed E-state index contributed by atoms with van der Waals surface area (Å²) in [6.45, 7) is 2.15. The van der Waals surface area contributed by atoms with Gasteiger partial charge in [0.1, 0.15) is 5.82 Å². The first-order valence-corrected chi connectivity index (χ1v) is 8.29. The van der Waals surface area contributed by atoms with E-state index in [-0.39, 0.29) is 5.91 Å². The van der Waals surface area contributed by atoms with Gasteiger partial charge in [-0.15, -0.1) is 0 Å². The number of amides is 1. The summed E-state index contributed by atoms with van der Waals surface area (Å²) in [5.74, 6) is 0.469. The molecule has 1 N–H and O–H groups in total. The predicted octanol–water partition coefficient (Wildman–Crippen LogP) is 2.78. The summed E-state index contributed by atoms with van der Waals surface area (Å²) in [5.41, 5.74) is 1.78. The molecule has 0 bridgehead atoms. The molecule has 0 saturated heterocycles. The maximum atomic E-state index is 12.5. The number of nitrogens with zero attached hydrogens (tertiary/aromatic N) is 2. The zero-order valence-corrected chi connectivity index (χ0v) is 13.4. The van der Waals surface area contributed by atoms with Crippen molar-refractivity contribution < 1.29 is 9.00 Å². The maximum Gasteiger partial charge on any atom is 0.223 e. The Labute approximate surface area is 135 Å². The molecule has 0 fully saturated rings. The molecule has 7 heteroatoms. The van der Waals surface area contributed by atoms with Crippen molar-refractivity contribution >= 4 is 40.0 Å². The molecule has 2 aromatic rings. The summed E-state index contributed by atoms with van der Waals surface area (Å²) in [4.78, 5) is 17.9. The van der Waals surface area contributed by atoms with Crippen LogP contribution in [-0.4, -0.2) is 21.6 Å². The lowest BCUT2D eigenvalue weighted by atomic mass is 10.2. The van der Waals surface area contributed by atoms with Gasteiger partial charge in [0.25, 0.3) is 0 Å². The predicted molar refractivity (Wildman–Crippen MR) is 87.5 cm³/mol. The Kier molecular flexibility index (Phi) is 4.13. The standard InChI is InChI=1S/C15H14ClN3O2S/c1-10(20)19-7-5-11-8-12(16)14(9-13(11)19)22(21)18-15-4-2-3-6-17-15/h2-4,6,8-9H,5,7H2,1H3,(H,17,18). The van der Waals surface area contributed by atoms with Crippen molar-refractivity contribution in [3.63, 3.8) is 0 Å². The zero-order chi connectivity index (χ0) is 15.7. The molecule has 1 amide bonds. The third kappa shape index (κ3) is 2.84. The second kappa shape index (κ2) is 6.06. The van der Waals surface area contributed by atoms with Gasteiger partial charge in [-0.1, -0.05) is 17.7 Å². The number of hydrogen-bond acceptors (Lipinski definition) is 3. The van der Waals surface area contributed by atoms with Crippen molar-refractivity contribution in [1.29, 1.82) is 0 Å². The van der Waals surface area contributed by atoms with E-state index in [4.69, 9.17) is 11.6 Å². The van der Waals surface area contributed by atoms with Gasteiger partial charge in [-0.2, -0.15) is 0 Å². The van der Waals surface area contributed by atoms with E-state index in [2.05, 4.69) is 9.71 Å². The minimum absolute atomic E-state index is 0.0320. The van der Waals surface area contributed by atoms with Gasteiger partial charge in [-0.05, 0) is 36.2 Å². The Morgan fingerprint density at radius 1 is 1.41 bits per heavy atom. The van der Waals surface area contributed by atoms with Crippen molar-refractivity contribution in [2.45, 2.75) is 18.2 Å². The van der Waals surface area contributed by atoms with Crippen LogP contribution in [0.3, 0.4) is 0 Å². The highest BCUT2D eigenvalue weighted by Crippen LogP contribution is 2.34. The molecule has 1 aliphatic rings. The summed E-state index contributed by atoms with van der Waals surface area (Å²) >= 11 is 6.24. The Morgan fingerprint density at radius 3 is 2.91 bits per heavy atom. The largest absolute Gasteiger partial charge is 0.312 e. The first-order chi connectivity index (χ1) is 10.6. The number of hydrogen-bond donors (Lipinski definition) is 1. The number of carbonyl (C=O) groups excluding carboxylic acids is 1. The van der Waals surface area contributed by atoms with Crippen LogP contribution in [0.5, 0.6) is 0 Å². The topological polar surface area (TPSA) is 62.3 Å². The van der Waals surface area contributed by atoms with Crippen molar-refractivity contribution in [3.8, 4) is 0 Å². The lowest BCUT2D eigenvalue weighted by Gasteiger charge is -2.16. The number of rotatable bonds is 3. The van der Waals surface area contributed by atoms with E-state index in [1.807, 2.05) is 0 Å². The van der Waals surface area contributed by atoms with Gasteiger partial charge in [-0.3, -0.25) is 9.52 Å². The van der Waals surface area contributed by atoms with Crippen molar-refractivity contribution in [2.24, 2.45) is 0 Å². The van der Waals surface area contributed by atoms with Crippen molar-refractivity contribution in [2.75, 3.05) is 16.2 Å². The highest BCUT2D eigenvalue weighted by molar-refractivity contribution is 7.86. The third-order valence-electron chi connectivity index (χ3n) is 3.47. The molecule has 0 aliphatic carbocycles. The molecule has 0 spiro atoms. The Bertz CT molecular complexity index is 752. The Balaban J connectivity index is 1.93. The molecule has 1 unspecified atom stereocenters. The van der Waals surface area contributed by atoms with Gasteiger partial charge < -0.3 is 4.90 Å². The smallest absolute Gasteiger partial charge is 0.223 e. The summed E-state index contributed by atoms with van der Waals surface area (Å²) in [5, 5.41) is 0.422. The second-order valence-corrected chi connectivity index (χ2v) is 6.51. The minimum Gasteiger partial charge on any atom is -0.312 e. The molecule has 114 valence electrons. The zero-order valence-electron chi connectivity index (χ0n) is 11.9. The lowest BCUT2D eigenvalue weighted by Crippen LogP contribution is -2.25. The van der Waals surface area contributed by atoms with Gasteiger partial charge in [0, 0.05) is 25.4 Å². The van der Waals surface area contributed by atoms with Crippen LogP contribution in [0.2, 0.25) is 5.02 Å². The number of halogens is 1. The van der Waals surface area contributed by atoms with Crippen LogP contribution in [0, 0.1) is 0 Å². The summed E-state index contributed by atoms with van der Waals surface area (Å²) in [6, 6.07) is 8.81. The SMILES string of the molecule is CC(=O)N1CCc2cc(Cl)c(S(=O)Nc3ccccn3)cc21. The molecular formula is C15H14ClN3O2S. The van der Waals surface area contributed by atoms with E-state index < -0.39 is 11.0 Å². The fourth-order valence-corrected chi connectivity index (χ4v) is 3.70. The molecule has 1 aromatic carbocycles. The highest BCUT2D eigenvalue weighted by Gasteiger charge is 2.25. The number of anilines is 2. The van der Waals surface area contributed by atoms with Gasteiger partial charge >= 0.3 is 0 Å². The van der Waals surface area contributed by atoms with E-state index in [0.29, 0.717) is 22.3 Å². The number of fused-ring (bicyclic) bond motifs is 1. The first-order valence-electron chi connectivity index (χ1n) is 6.76. The van der Waals surface area contributed by atoms with E-state index in [0.717, 1.165) is 17.7 Å². The molecule has 5 nitrogen and oxygen atoms in total. The first kappa shape index (κ1) is 15.0. The minimum atomic E-state index is -1.55.